The molecule has 0 atom stereocenters. The monoisotopic (exact) mass is 347 g/mol. The molecular formula is C18H21NO4S. The summed E-state index contributed by atoms with van der Waals surface area (Å²) in [6.07, 6.45) is 0. The van der Waals surface area contributed by atoms with Gasteiger partial charge in [-0.15, -0.1) is 0 Å². The molecule has 24 heavy (non-hydrogen) atoms. The van der Waals surface area contributed by atoms with Crippen molar-refractivity contribution >= 4 is 15.7 Å². The van der Waals surface area contributed by atoms with Crippen molar-refractivity contribution < 1.29 is 17.9 Å². The first-order valence-electron chi connectivity index (χ1n) is 7.87. The van der Waals surface area contributed by atoms with Gasteiger partial charge < -0.3 is 9.47 Å². The molecule has 0 radical (unpaired) electrons. The number of nitrogens with zero attached hydrogens (tertiary/aromatic N) is 1. The largest absolute Gasteiger partial charge is 0.494 e. The zero-order valence-electron chi connectivity index (χ0n) is 14.0. The normalized spacial score (nSPS) is 16.2. The minimum Gasteiger partial charge on any atom is -0.494 e. The van der Waals surface area contributed by atoms with Gasteiger partial charge >= 0.3 is 0 Å². The minimum absolute atomic E-state index is 0.235. The molecule has 1 aliphatic heterocycles. The number of para-hydroxylation sites is 2. The van der Waals surface area contributed by atoms with Crippen LogP contribution >= 0.6 is 0 Å². The van der Waals surface area contributed by atoms with Crippen molar-refractivity contribution in [2.45, 2.75) is 31.3 Å². The van der Waals surface area contributed by atoms with Crippen molar-refractivity contribution in [1.82, 2.24) is 0 Å². The summed E-state index contributed by atoms with van der Waals surface area (Å²) >= 11 is 0. The first kappa shape index (κ1) is 16.6. The standard InChI is InChI=1S/C18H21NO4S/c1-4-22-14-9-11-15(12-10-14)24(20,21)19-13-18(2,3)23-17-8-6-5-7-16(17)19/h5-12H,4,13H2,1-3H3. The summed E-state index contributed by atoms with van der Waals surface area (Å²) in [7, 11) is -3.68. The molecule has 0 bridgehead atoms. The highest BCUT2D eigenvalue weighted by molar-refractivity contribution is 7.92. The number of sulfonamides is 1. The molecule has 0 saturated heterocycles. The molecule has 0 saturated carbocycles. The number of hydrogen-bond acceptors (Lipinski definition) is 4. The van der Waals surface area contributed by atoms with Crippen LogP contribution < -0.4 is 13.8 Å². The first-order chi connectivity index (χ1) is 11.3. The fraction of sp³-hybridized carbons (Fsp3) is 0.333. The number of ether oxygens (including phenoxy) is 2. The summed E-state index contributed by atoms with van der Waals surface area (Å²) in [5.74, 6) is 1.22. The van der Waals surface area contributed by atoms with Gasteiger partial charge in [-0.1, -0.05) is 12.1 Å². The maximum Gasteiger partial charge on any atom is 0.264 e. The molecule has 0 unspecified atom stereocenters. The highest BCUT2D eigenvalue weighted by Crippen LogP contribution is 2.39. The fourth-order valence-electron chi connectivity index (χ4n) is 2.73. The number of benzene rings is 2. The highest BCUT2D eigenvalue weighted by Gasteiger charge is 2.38. The topological polar surface area (TPSA) is 55.8 Å². The summed E-state index contributed by atoms with van der Waals surface area (Å²) in [6.45, 7) is 6.43. The summed E-state index contributed by atoms with van der Waals surface area (Å²) in [5, 5.41) is 0. The van der Waals surface area contributed by atoms with E-state index in [1.807, 2.05) is 26.8 Å². The van der Waals surface area contributed by atoms with Crippen LogP contribution in [0.1, 0.15) is 20.8 Å². The summed E-state index contributed by atoms with van der Waals surface area (Å²) in [5.41, 5.74) is -0.0436. The zero-order valence-corrected chi connectivity index (χ0v) is 14.8. The average Bonchev–Trinajstić information content (AvgIpc) is 2.54. The summed E-state index contributed by atoms with van der Waals surface area (Å²) in [4.78, 5) is 0.235. The number of anilines is 1. The molecule has 0 fully saturated rings. The van der Waals surface area contributed by atoms with E-state index in [9.17, 15) is 8.42 Å². The zero-order chi connectivity index (χ0) is 17.4. The second kappa shape index (κ2) is 6.02. The SMILES string of the molecule is CCOc1ccc(S(=O)(=O)N2CC(C)(C)Oc3ccccc32)cc1. The molecule has 3 rings (SSSR count). The van der Waals surface area contributed by atoms with E-state index in [4.69, 9.17) is 9.47 Å². The van der Waals surface area contributed by atoms with Crippen molar-refractivity contribution in [3.05, 3.63) is 48.5 Å². The molecule has 0 aliphatic carbocycles. The Bertz CT molecular complexity index is 828. The Labute approximate surface area is 142 Å². The van der Waals surface area contributed by atoms with Gasteiger partial charge in [-0.2, -0.15) is 0 Å². The molecule has 1 heterocycles. The van der Waals surface area contributed by atoms with Crippen LogP contribution in [0.25, 0.3) is 0 Å². The van der Waals surface area contributed by atoms with Gasteiger partial charge in [0.2, 0.25) is 0 Å². The maximum absolute atomic E-state index is 13.1. The predicted molar refractivity (Wildman–Crippen MR) is 93.3 cm³/mol. The van der Waals surface area contributed by atoms with Gasteiger partial charge in [0, 0.05) is 0 Å². The summed E-state index contributed by atoms with van der Waals surface area (Å²) < 4.78 is 39.0. The van der Waals surface area contributed by atoms with Crippen molar-refractivity contribution in [3.63, 3.8) is 0 Å². The molecule has 0 spiro atoms. The van der Waals surface area contributed by atoms with Gasteiger partial charge in [-0.3, -0.25) is 4.31 Å². The van der Waals surface area contributed by atoms with E-state index >= 15 is 0 Å². The molecular weight excluding hydrogens is 326 g/mol. The van der Waals surface area contributed by atoms with Crippen molar-refractivity contribution in [3.8, 4) is 11.5 Å². The van der Waals surface area contributed by atoms with E-state index < -0.39 is 15.6 Å². The Kier molecular flexibility index (Phi) is 4.17. The number of hydrogen-bond donors (Lipinski definition) is 0. The average molecular weight is 347 g/mol. The molecule has 128 valence electrons. The van der Waals surface area contributed by atoms with E-state index in [1.54, 1.807) is 42.5 Å². The minimum atomic E-state index is -3.68. The molecule has 5 nitrogen and oxygen atoms in total. The lowest BCUT2D eigenvalue weighted by Gasteiger charge is -2.39. The van der Waals surface area contributed by atoms with E-state index in [2.05, 4.69) is 0 Å². The van der Waals surface area contributed by atoms with Gasteiger partial charge in [0.15, 0.2) is 0 Å². The van der Waals surface area contributed by atoms with Crippen LogP contribution in [-0.2, 0) is 10.0 Å². The van der Waals surface area contributed by atoms with Crippen molar-refractivity contribution in [2.75, 3.05) is 17.5 Å². The van der Waals surface area contributed by atoms with E-state index in [1.165, 1.54) is 4.31 Å². The summed E-state index contributed by atoms with van der Waals surface area (Å²) in [6, 6.07) is 13.7. The fourth-order valence-corrected chi connectivity index (χ4v) is 4.35. The van der Waals surface area contributed by atoms with Gasteiger partial charge in [-0.05, 0) is 57.2 Å². The van der Waals surface area contributed by atoms with Crippen LogP contribution in [0.15, 0.2) is 53.4 Å². The Morgan fingerprint density at radius 1 is 1.12 bits per heavy atom. The molecule has 6 heteroatoms. The van der Waals surface area contributed by atoms with Gasteiger partial charge in [0.1, 0.15) is 17.1 Å². The first-order valence-corrected chi connectivity index (χ1v) is 9.31. The third-order valence-electron chi connectivity index (χ3n) is 3.77. The molecule has 1 aliphatic rings. The van der Waals surface area contributed by atoms with E-state index in [0.29, 0.717) is 23.8 Å². The second-order valence-corrected chi connectivity index (χ2v) is 8.11. The Hall–Kier alpha value is -2.21. The van der Waals surface area contributed by atoms with E-state index in [-0.39, 0.29) is 11.4 Å². The lowest BCUT2D eigenvalue weighted by molar-refractivity contribution is 0.110. The third kappa shape index (κ3) is 3.06. The molecule has 0 N–H and O–H groups in total. The molecule has 0 aromatic heterocycles. The third-order valence-corrected chi connectivity index (χ3v) is 5.54. The predicted octanol–water partition coefficient (Wildman–Crippen LogP) is 3.45. The number of fused-ring (bicyclic) bond motifs is 1. The van der Waals surface area contributed by atoms with Crippen LogP contribution in [0.2, 0.25) is 0 Å². The Morgan fingerprint density at radius 2 is 1.79 bits per heavy atom. The highest BCUT2D eigenvalue weighted by atomic mass is 32.2. The van der Waals surface area contributed by atoms with Crippen LogP contribution in [0, 0.1) is 0 Å². The number of rotatable bonds is 4. The van der Waals surface area contributed by atoms with Crippen LogP contribution in [-0.4, -0.2) is 27.2 Å². The lowest BCUT2D eigenvalue weighted by Crippen LogP contribution is -2.49. The van der Waals surface area contributed by atoms with E-state index in [0.717, 1.165) is 0 Å². The van der Waals surface area contributed by atoms with Gasteiger partial charge in [-0.25, -0.2) is 8.42 Å². The van der Waals surface area contributed by atoms with Crippen LogP contribution in [0.5, 0.6) is 11.5 Å². The maximum atomic E-state index is 13.1. The molecule has 0 amide bonds. The Morgan fingerprint density at radius 3 is 2.46 bits per heavy atom. The van der Waals surface area contributed by atoms with Crippen molar-refractivity contribution in [2.24, 2.45) is 0 Å². The van der Waals surface area contributed by atoms with Crippen LogP contribution in [0.3, 0.4) is 0 Å². The van der Waals surface area contributed by atoms with Crippen molar-refractivity contribution in [1.29, 1.82) is 0 Å². The molecule has 2 aromatic rings. The van der Waals surface area contributed by atoms with Gasteiger partial charge in [0.05, 0.1) is 23.7 Å². The lowest BCUT2D eigenvalue weighted by atomic mass is 10.1. The quantitative estimate of drug-likeness (QED) is 0.850. The molecule has 2 aromatic carbocycles. The van der Waals surface area contributed by atoms with Crippen LogP contribution in [0.4, 0.5) is 5.69 Å². The Balaban J connectivity index is 2.03. The smallest absolute Gasteiger partial charge is 0.264 e. The van der Waals surface area contributed by atoms with Gasteiger partial charge in [0.25, 0.3) is 10.0 Å². The second-order valence-electron chi connectivity index (χ2n) is 6.25.